The van der Waals surface area contributed by atoms with Gasteiger partial charge in [-0.25, -0.2) is 0 Å². The second kappa shape index (κ2) is 8.03. The van der Waals surface area contributed by atoms with Gasteiger partial charge in [0.15, 0.2) is 0 Å². The monoisotopic (exact) mass is 345 g/mol. The largest absolute Gasteiger partial charge is 0.313 e. The van der Waals surface area contributed by atoms with Gasteiger partial charge in [0.05, 0.1) is 11.6 Å². The average molecular weight is 345 g/mol. The van der Waals surface area contributed by atoms with Crippen LogP contribution < -0.4 is 5.32 Å². The number of rotatable bonds is 6. The van der Waals surface area contributed by atoms with Crippen LogP contribution in [0.15, 0.2) is 54.6 Å². The van der Waals surface area contributed by atoms with Crippen molar-refractivity contribution < 1.29 is 0 Å². The molecule has 1 heterocycles. The molecule has 0 radical (unpaired) electrons. The minimum absolute atomic E-state index is 0.679. The van der Waals surface area contributed by atoms with Crippen LogP contribution in [0.3, 0.4) is 0 Å². The second-order valence-corrected chi connectivity index (χ2v) is 7.76. The van der Waals surface area contributed by atoms with Gasteiger partial charge in [-0.3, -0.25) is 4.90 Å². The van der Waals surface area contributed by atoms with Crippen molar-refractivity contribution in [2.75, 3.05) is 19.6 Å². The van der Waals surface area contributed by atoms with E-state index in [0.29, 0.717) is 6.04 Å². The van der Waals surface area contributed by atoms with Gasteiger partial charge in [0.25, 0.3) is 0 Å². The Morgan fingerprint density at radius 2 is 1.73 bits per heavy atom. The first-order valence-electron chi connectivity index (χ1n) is 9.82. The zero-order valence-electron chi connectivity index (χ0n) is 15.3. The first kappa shape index (κ1) is 17.3. The Morgan fingerprint density at radius 3 is 2.50 bits per heavy atom. The first-order chi connectivity index (χ1) is 12.8. The molecule has 1 saturated carbocycles. The van der Waals surface area contributed by atoms with Gasteiger partial charge in [-0.1, -0.05) is 48.5 Å². The van der Waals surface area contributed by atoms with Gasteiger partial charge in [0, 0.05) is 18.5 Å². The second-order valence-electron chi connectivity index (χ2n) is 7.76. The lowest BCUT2D eigenvalue weighted by atomic mass is 9.96. The molecular formula is C23H27N3. The van der Waals surface area contributed by atoms with E-state index in [2.05, 4.69) is 52.7 Å². The maximum atomic E-state index is 9.24. The van der Waals surface area contributed by atoms with Crippen LogP contribution in [-0.4, -0.2) is 30.6 Å². The minimum Gasteiger partial charge on any atom is -0.313 e. The molecule has 0 aromatic heterocycles. The van der Waals surface area contributed by atoms with Crippen molar-refractivity contribution in [3.63, 3.8) is 0 Å². The maximum Gasteiger partial charge on any atom is 0.0995 e. The molecule has 1 aliphatic carbocycles. The Bertz CT molecular complexity index is 757. The Hall–Kier alpha value is -2.15. The molecule has 2 atom stereocenters. The lowest BCUT2D eigenvalue weighted by molar-refractivity contribution is 0.175. The summed E-state index contributed by atoms with van der Waals surface area (Å²) < 4.78 is 0. The molecule has 2 aliphatic rings. The Balaban J connectivity index is 1.20. The summed E-state index contributed by atoms with van der Waals surface area (Å²) in [5.41, 5.74) is 3.46. The van der Waals surface area contributed by atoms with Gasteiger partial charge in [-0.15, -0.1) is 0 Å². The van der Waals surface area contributed by atoms with E-state index in [0.717, 1.165) is 49.1 Å². The predicted octanol–water partition coefficient (Wildman–Crippen LogP) is 3.92. The van der Waals surface area contributed by atoms with E-state index in [1.165, 1.54) is 24.8 Å². The van der Waals surface area contributed by atoms with E-state index in [9.17, 15) is 5.26 Å². The number of nitrogens with zero attached hydrogens (tertiary/aromatic N) is 2. The van der Waals surface area contributed by atoms with Crippen LogP contribution in [0.1, 0.15) is 41.9 Å². The highest BCUT2D eigenvalue weighted by molar-refractivity contribution is 5.37. The van der Waals surface area contributed by atoms with Crippen molar-refractivity contribution >= 4 is 0 Å². The minimum atomic E-state index is 0.679. The molecule has 1 N–H and O–H groups in total. The summed E-state index contributed by atoms with van der Waals surface area (Å²) in [4.78, 5) is 2.50. The molecule has 1 aliphatic heterocycles. The van der Waals surface area contributed by atoms with Crippen LogP contribution >= 0.6 is 0 Å². The fourth-order valence-electron chi connectivity index (χ4n) is 4.16. The quantitative estimate of drug-likeness (QED) is 0.862. The van der Waals surface area contributed by atoms with Crippen LogP contribution in [0.4, 0.5) is 0 Å². The molecule has 1 saturated heterocycles. The average Bonchev–Trinajstić information content (AvgIpc) is 3.48. The van der Waals surface area contributed by atoms with Crippen LogP contribution in [0, 0.1) is 17.2 Å². The number of benzene rings is 2. The van der Waals surface area contributed by atoms with E-state index in [1.54, 1.807) is 0 Å². The highest BCUT2D eigenvalue weighted by Gasteiger charge is 2.38. The molecule has 134 valence electrons. The summed E-state index contributed by atoms with van der Waals surface area (Å²) in [6, 6.07) is 21.9. The summed E-state index contributed by atoms with van der Waals surface area (Å²) >= 11 is 0. The molecule has 2 fully saturated rings. The summed E-state index contributed by atoms with van der Waals surface area (Å²) in [5.74, 6) is 1.51. The fraction of sp³-hybridized carbons (Fsp3) is 0.435. The molecule has 3 nitrogen and oxygen atoms in total. The molecule has 0 spiro atoms. The molecule has 2 unspecified atom stereocenters. The SMILES string of the molecule is N#Cc1ccccc1CN1CCC(CNC2CC2c2ccccc2)CC1. The van der Waals surface area contributed by atoms with E-state index < -0.39 is 0 Å². The van der Waals surface area contributed by atoms with Crippen LogP contribution in [0.5, 0.6) is 0 Å². The third-order valence-corrected chi connectivity index (χ3v) is 5.93. The van der Waals surface area contributed by atoms with Crippen LogP contribution in [0.2, 0.25) is 0 Å². The van der Waals surface area contributed by atoms with E-state index in [1.807, 2.05) is 18.2 Å². The molecule has 26 heavy (non-hydrogen) atoms. The summed E-state index contributed by atoms with van der Waals surface area (Å²) in [7, 11) is 0. The first-order valence-corrected chi connectivity index (χ1v) is 9.82. The topological polar surface area (TPSA) is 39.1 Å². The predicted molar refractivity (Wildman–Crippen MR) is 105 cm³/mol. The fourth-order valence-corrected chi connectivity index (χ4v) is 4.16. The van der Waals surface area contributed by atoms with Crippen molar-refractivity contribution in [3.8, 4) is 6.07 Å². The van der Waals surface area contributed by atoms with E-state index in [-0.39, 0.29) is 0 Å². The maximum absolute atomic E-state index is 9.24. The molecule has 2 aromatic carbocycles. The zero-order chi connectivity index (χ0) is 17.8. The zero-order valence-corrected chi connectivity index (χ0v) is 15.3. The van der Waals surface area contributed by atoms with Gasteiger partial charge in [0.2, 0.25) is 0 Å². The Kier molecular flexibility index (Phi) is 5.34. The summed E-state index contributed by atoms with van der Waals surface area (Å²) in [5, 5.41) is 13.0. The van der Waals surface area contributed by atoms with Crippen molar-refractivity contribution in [3.05, 3.63) is 71.3 Å². The Labute approximate surface area is 156 Å². The van der Waals surface area contributed by atoms with Gasteiger partial charge < -0.3 is 5.32 Å². The highest BCUT2D eigenvalue weighted by Crippen LogP contribution is 2.40. The van der Waals surface area contributed by atoms with Crippen molar-refractivity contribution in [2.24, 2.45) is 5.92 Å². The van der Waals surface area contributed by atoms with Crippen molar-refractivity contribution in [2.45, 2.75) is 37.8 Å². The standard InChI is InChI=1S/C23H27N3/c24-15-20-8-4-5-9-21(20)17-26-12-10-18(11-13-26)16-25-23-14-22(23)19-6-2-1-3-7-19/h1-9,18,22-23,25H,10-14,16-17H2. The summed E-state index contributed by atoms with van der Waals surface area (Å²) in [6.45, 7) is 4.33. The number of hydrogen-bond donors (Lipinski definition) is 1. The van der Waals surface area contributed by atoms with Gasteiger partial charge in [-0.05, 0) is 62.0 Å². The van der Waals surface area contributed by atoms with Gasteiger partial charge in [0.1, 0.15) is 0 Å². The number of hydrogen-bond acceptors (Lipinski definition) is 3. The highest BCUT2D eigenvalue weighted by atomic mass is 15.1. The lowest BCUT2D eigenvalue weighted by Gasteiger charge is -2.32. The molecule has 3 heteroatoms. The van der Waals surface area contributed by atoms with Crippen LogP contribution in [0.25, 0.3) is 0 Å². The Morgan fingerprint density at radius 1 is 1.00 bits per heavy atom. The third-order valence-electron chi connectivity index (χ3n) is 5.93. The summed E-state index contributed by atoms with van der Waals surface area (Å²) in [6.07, 6.45) is 3.79. The van der Waals surface area contributed by atoms with Crippen molar-refractivity contribution in [1.82, 2.24) is 10.2 Å². The number of likely N-dealkylation sites (tertiary alicyclic amines) is 1. The van der Waals surface area contributed by atoms with E-state index in [4.69, 9.17) is 0 Å². The normalized spacial score (nSPS) is 23.5. The molecular weight excluding hydrogens is 318 g/mol. The van der Waals surface area contributed by atoms with Gasteiger partial charge in [-0.2, -0.15) is 5.26 Å². The number of piperidine rings is 1. The van der Waals surface area contributed by atoms with E-state index >= 15 is 0 Å². The number of nitriles is 1. The molecule has 4 rings (SSSR count). The van der Waals surface area contributed by atoms with Crippen LogP contribution in [-0.2, 0) is 6.54 Å². The molecule has 0 bridgehead atoms. The third kappa shape index (κ3) is 4.15. The van der Waals surface area contributed by atoms with Gasteiger partial charge >= 0.3 is 0 Å². The smallest absolute Gasteiger partial charge is 0.0995 e. The molecule has 2 aromatic rings. The molecule has 0 amide bonds. The number of nitrogens with one attached hydrogen (secondary N) is 1. The van der Waals surface area contributed by atoms with Crippen molar-refractivity contribution in [1.29, 1.82) is 5.26 Å². The lowest BCUT2D eigenvalue weighted by Crippen LogP contribution is -2.37.